The van der Waals surface area contributed by atoms with Crippen molar-refractivity contribution in [2.45, 2.75) is 78.6 Å². The number of rotatable bonds is 8. The minimum absolute atomic E-state index is 0.0145. The van der Waals surface area contributed by atoms with Crippen molar-refractivity contribution in [1.82, 2.24) is 23.3 Å². The van der Waals surface area contributed by atoms with Crippen molar-refractivity contribution in [1.29, 1.82) is 0 Å². The zero-order valence-corrected chi connectivity index (χ0v) is 48.4. The third-order valence-corrected chi connectivity index (χ3v) is 16.6. The van der Waals surface area contributed by atoms with Crippen molar-refractivity contribution in [3.05, 3.63) is 239 Å². The molecule has 392 valence electrons. The van der Waals surface area contributed by atoms with Crippen LogP contribution in [0, 0.1) is 15.9 Å². The summed E-state index contributed by atoms with van der Waals surface area (Å²) in [6.45, 7) is 20.4. The summed E-state index contributed by atoms with van der Waals surface area (Å²) in [5.74, 6) is 2.02. The molecule has 13 rings (SSSR count). The zero-order chi connectivity index (χ0) is 54.5. The van der Waals surface area contributed by atoms with Crippen molar-refractivity contribution in [3.63, 3.8) is 0 Å². The first-order chi connectivity index (χ1) is 38.0. The molecule has 4 heterocycles. The minimum atomic E-state index is -0.0438. The van der Waals surface area contributed by atoms with E-state index in [4.69, 9.17) is 9.72 Å². The first-order valence-corrected chi connectivity index (χ1v) is 28.3. The molecular formula is C72H61N5OPt-2. The molecule has 0 N–H and O–H groups in total. The summed E-state index contributed by atoms with van der Waals surface area (Å²) in [5, 5.41) is 4.67. The monoisotopic (exact) mass is 1210 g/mol. The number of imidazole rings is 1. The number of benzene rings is 9. The number of ether oxygens (including phenoxy) is 1. The van der Waals surface area contributed by atoms with Gasteiger partial charge in [-0.1, -0.05) is 32.9 Å². The van der Waals surface area contributed by atoms with Gasteiger partial charge in [-0.2, -0.15) is 0 Å². The SMILES string of the molecule is CC(C)(C)c1ccc(-c2cc(-n3c4ccccc4c4ccccc43)cc(-c3ccc(C(C)(C)C)cc3)c2-n2[c](=[Pt])n(-c3[c-]c(Oc4[c-]c5c(cc4)c4ccccc4n5-c4cc(C(C)(C)C)ccn4)ccc3)c3ccccc32)cc1. The summed E-state index contributed by atoms with van der Waals surface area (Å²) in [4.78, 5) is 4.91. The van der Waals surface area contributed by atoms with Gasteiger partial charge in [0.25, 0.3) is 0 Å². The van der Waals surface area contributed by atoms with Gasteiger partial charge >= 0.3 is 420 Å². The van der Waals surface area contributed by atoms with Crippen molar-refractivity contribution >= 4 is 54.6 Å². The van der Waals surface area contributed by atoms with Gasteiger partial charge in [0.2, 0.25) is 0 Å². The maximum atomic E-state index is 6.82. The Kier molecular flexibility index (Phi) is 12.0. The second-order valence-corrected chi connectivity index (χ2v) is 24.9. The zero-order valence-electron chi connectivity index (χ0n) is 46.1. The van der Waals surface area contributed by atoms with Crippen LogP contribution in [0.15, 0.2) is 206 Å². The van der Waals surface area contributed by atoms with Gasteiger partial charge in [0.15, 0.2) is 0 Å². The fourth-order valence-electron chi connectivity index (χ4n) is 11.4. The molecule has 0 atom stereocenters. The van der Waals surface area contributed by atoms with Crippen LogP contribution in [0.1, 0.15) is 79.0 Å². The Labute approximate surface area is 473 Å². The van der Waals surface area contributed by atoms with Crippen LogP contribution in [0.4, 0.5) is 0 Å². The van der Waals surface area contributed by atoms with Gasteiger partial charge in [-0.3, -0.25) is 0 Å². The Morgan fingerprint density at radius 3 is 1.43 bits per heavy atom. The molecule has 0 bridgehead atoms. The van der Waals surface area contributed by atoms with E-state index in [9.17, 15) is 0 Å². The summed E-state index contributed by atoms with van der Waals surface area (Å²) in [7, 11) is 0. The summed E-state index contributed by atoms with van der Waals surface area (Å²) < 4.78 is 17.2. The number of para-hydroxylation sites is 5. The van der Waals surface area contributed by atoms with Crippen molar-refractivity contribution in [2.24, 2.45) is 0 Å². The summed E-state index contributed by atoms with van der Waals surface area (Å²) >= 11 is 2.53. The van der Waals surface area contributed by atoms with Gasteiger partial charge < -0.3 is 0 Å². The molecule has 79 heavy (non-hydrogen) atoms. The first-order valence-electron chi connectivity index (χ1n) is 27.2. The van der Waals surface area contributed by atoms with Gasteiger partial charge in [0.05, 0.1) is 0 Å². The van der Waals surface area contributed by atoms with Gasteiger partial charge in [-0.05, 0) is 17.0 Å². The Bertz CT molecular complexity index is 4450. The summed E-state index contributed by atoms with van der Waals surface area (Å²) in [6, 6.07) is 80.1. The predicted molar refractivity (Wildman–Crippen MR) is 323 cm³/mol. The number of hydrogen-bond acceptors (Lipinski definition) is 2. The van der Waals surface area contributed by atoms with Crippen molar-refractivity contribution < 1.29 is 24.1 Å². The van der Waals surface area contributed by atoms with Crippen LogP contribution in [0.5, 0.6) is 11.5 Å². The van der Waals surface area contributed by atoms with Gasteiger partial charge in [0.1, 0.15) is 0 Å². The molecule has 0 aliphatic rings. The molecule has 4 aromatic heterocycles. The van der Waals surface area contributed by atoms with E-state index in [1.165, 1.54) is 38.5 Å². The van der Waals surface area contributed by atoms with Crippen LogP contribution in [0.25, 0.3) is 99.8 Å². The molecule has 0 saturated heterocycles. The molecule has 7 heteroatoms. The normalized spacial score (nSPS) is 12.4. The van der Waals surface area contributed by atoms with Crippen LogP contribution in [0.3, 0.4) is 0 Å². The Hall–Kier alpha value is -8.31. The number of aromatic nitrogens is 5. The molecule has 0 unspecified atom stereocenters. The van der Waals surface area contributed by atoms with E-state index in [1.807, 2.05) is 18.3 Å². The van der Waals surface area contributed by atoms with Crippen molar-refractivity contribution in [2.75, 3.05) is 0 Å². The van der Waals surface area contributed by atoms with E-state index in [-0.39, 0.29) is 16.2 Å². The molecule has 0 amide bonds. The molecule has 0 aliphatic carbocycles. The number of fused-ring (bicyclic) bond motifs is 7. The molecular weight excluding hydrogens is 1150 g/mol. The predicted octanol–water partition coefficient (Wildman–Crippen LogP) is 18.7. The van der Waals surface area contributed by atoms with Gasteiger partial charge in [0, 0.05) is 6.20 Å². The third-order valence-electron chi connectivity index (χ3n) is 15.6. The van der Waals surface area contributed by atoms with Crippen LogP contribution in [0.2, 0.25) is 0 Å². The number of nitrogens with zero attached hydrogens (tertiary/aromatic N) is 5. The Morgan fingerprint density at radius 2 is 0.886 bits per heavy atom. The number of hydrogen-bond donors (Lipinski definition) is 0. The molecule has 0 saturated carbocycles. The van der Waals surface area contributed by atoms with Crippen LogP contribution >= 0.6 is 0 Å². The fourth-order valence-corrected chi connectivity index (χ4v) is 12.5. The van der Waals surface area contributed by atoms with E-state index >= 15 is 0 Å². The molecule has 0 fully saturated rings. The van der Waals surface area contributed by atoms with Crippen molar-refractivity contribution in [3.8, 4) is 56.6 Å². The molecule has 13 aromatic rings. The average molecular weight is 1210 g/mol. The first kappa shape index (κ1) is 50.2. The molecule has 6 nitrogen and oxygen atoms in total. The van der Waals surface area contributed by atoms with E-state index in [2.05, 4.69) is 300 Å². The number of pyridine rings is 1. The topological polar surface area (TPSA) is 41.8 Å². The van der Waals surface area contributed by atoms with E-state index in [0.29, 0.717) is 11.5 Å². The Morgan fingerprint density at radius 1 is 0.405 bits per heavy atom. The van der Waals surface area contributed by atoms with Crippen LogP contribution in [-0.4, -0.2) is 23.3 Å². The molecule has 0 aliphatic heterocycles. The maximum absolute atomic E-state index is 6.82. The average Bonchev–Trinajstić information content (AvgIpc) is 4.29. The molecule has 9 aromatic carbocycles. The van der Waals surface area contributed by atoms with E-state index in [1.54, 1.807) is 0 Å². The van der Waals surface area contributed by atoms with Gasteiger partial charge in [-0.25, -0.2) is 0 Å². The summed E-state index contributed by atoms with van der Waals surface area (Å²) in [5.41, 5.74) is 17.6. The summed E-state index contributed by atoms with van der Waals surface area (Å²) in [6.07, 6.45) is 1.91. The Balaban J connectivity index is 1.01. The van der Waals surface area contributed by atoms with Gasteiger partial charge in [-0.15, -0.1) is 0 Å². The quantitative estimate of drug-likeness (QED) is 0.142. The third kappa shape index (κ3) is 8.78. The van der Waals surface area contributed by atoms with Crippen LogP contribution in [-0.2, 0) is 35.6 Å². The second-order valence-electron chi connectivity index (χ2n) is 23.9. The van der Waals surface area contributed by atoms with Crippen LogP contribution < -0.4 is 4.74 Å². The standard InChI is InChI=1S/C72H61N5O.Pt/c1-70(2,3)49-33-29-47(30-34-49)60-43-53(76-62-24-13-10-21-56(62)57-22-11-14-25-63(57)76)44-61(48-31-35-50(36-32-48)71(4,5)6)69(60)75-46-74(65-27-16-17-28-66(65)75)52-19-18-20-54(42-52)78-55-37-38-59-58-23-12-15-26-64(58)77(67(59)45-55)68-41-51(39-40-73-68)72(7,8)9;/h10-41,43-44H,1-9H3;/q-2;. The molecule has 0 spiro atoms. The second kappa shape index (κ2) is 19.0. The molecule has 0 radical (unpaired) electrons. The fraction of sp³-hybridized carbons (Fsp3) is 0.167. The van der Waals surface area contributed by atoms with E-state index < -0.39 is 0 Å². The van der Waals surface area contributed by atoms with E-state index in [0.717, 1.165) is 81.8 Å².